The first-order chi connectivity index (χ1) is 8.00. The number of para-hydroxylation sites is 1. The predicted octanol–water partition coefficient (Wildman–Crippen LogP) is 2.90. The zero-order valence-electron chi connectivity index (χ0n) is 9.96. The zero-order chi connectivity index (χ0) is 12.6. The van der Waals surface area contributed by atoms with Crippen molar-refractivity contribution in [1.29, 1.82) is 0 Å². The van der Waals surface area contributed by atoms with Gasteiger partial charge in [0.15, 0.2) is 11.4 Å². The SMILES string of the molecule is CC(=O)Nc1cccc2c(C(C)=O)c(C)oc12. The minimum atomic E-state index is -0.170. The van der Waals surface area contributed by atoms with Crippen molar-refractivity contribution in [2.45, 2.75) is 20.8 Å². The van der Waals surface area contributed by atoms with Crippen LogP contribution in [0.25, 0.3) is 11.0 Å². The Morgan fingerprint density at radius 2 is 1.94 bits per heavy atom. The van der Waals surface area contributed by atoms with Crippen LogP contribution in [0.5, 0.6) is 0 Å². The summed E-state index contributed by atoms with van der Waals surface area (Å²) >= 11 is 0. The molecular weight excluding hydrogens is 218 g/mol. The van der Waals surface area contributed by atoms with Crippen molar-refractivity contribution in [2.24, 2.45) is 0 Å². The van der Waals surface area contributed by atoms with Gasteiger partial charge in [-0.1, -0.05) is 12.1 Å². The number of Topliss-reactive ketones (excluding diaryl/α,β-unsaturated/α-hetero) is 1. The van der Waals surface area contributed by atoms with E-state index in [9.17, 15) is 9.59 Å². The first-order valence-electron chi connectivity index (χ1n) is 5.31. The Hall–Kier alpha value is -2.10. The first-order valence-corrected chi connectivity index (χ1v) is 5.31. The fourth-order valence-electron chi connectivity index (χ4n) is 1.96. The van der Waals surface area contributed by atoms with Gasteiger partial charge in [0.25, 0.3) is 0 Å². The summed E-state index contributed by atoms with van der Waals surface area (Å²) in [5.41, 5.74) is 1.71. The molecule has 0 radical (unpaired) electrons. The molecule has 1 N–H and O–H groups in total. The van der Waals surface area contributed by atoms with Crippen LogP contribution < -0.4 is 5.32 Å². The molecule has 0 saturated heterocycles. The van der Waals surface area contributed by atoms with Crippen molar-refractivity contribution >= 4 is 28.3 Å². The zero-order valence-corrected chi connectivity index (χ0v) is 9.96. The second kappa shape index (κ2) is 4.05. The Morgan fingerprint density at radius 1 is 1.24 bits per heavy atom. The molecule has 0 fully saturated rings. The molecule has 2 aromatic rings. The molecule has 1 aromatic carbocycles. The highest BCUT2D eigenvalue weighted by Gasteiger charge is 2.17. The van der Waals surface area contributed by atoms with Gasteiger partial charge in [0, 0.05) is 12.3 Å². The maximum Gasteiger partial charge on any atom is 0.221 e. The Labute approximate surface area is 98.6 Å². The molecule has 88 valence electrons. The van der Waals surface area contributed by atoms with Gasteiger partial charge in [-0.25, -0.2) is 0 Å². The molecule has 2 rings (SSSR count). The summed E-state index contributed by atoms with van der Waals surface area (Å²) in [6.45, 7) is 4.68. The normalized spacial score (nSPS) is 10.5. The van der Waals surface area contributed by atoms with Crippen LogP contribution >= 0.6 is 0 Å². The van der Waals surface area contributed by atoms with E-state index in [0.29, 0.717) is 22.6 Å². The van der Waals surface area contributed by atoms with E-state index < -0.39 is 0 Å². The summed E-state index contributed by atoms with van der Waals surface area (Å²) in [7, 11) is 0. The number of carbonyl (C=O) groups is 2. The van der Waals surface area contributed by atoms with Gasteiger partial charge in [0.1, 0.15) is 5.76 Å². The van der Waals surface area contributed by atoms with E-state index in [1.807, 2.05) is 6.07 Å². The third-order valence-electron chi connectivity index (χ3n) is 2.55. The van der Waals surface area contributed by atoms with Gasteiger partial charge in [-0.15, -0.1) is 0 Å². The quantitative estimate of drug-likeness (QED) is 0.808. The number of aryl methyl sites for hydroxylation is 1. The number of hydrogen-bond donors (Lipinski definition) is 1. The van der Waals surface area contributed by atoms with Gasteiger partial charge in [-0.05, 0) is 19.9 Å². The van der Waals surface area contributed by atoms with Gasteiger partial charge in [0.05, 0.1) is 11.3 Å². The number of anilines is 1. The molecule has 17 heavy (non-hydrogen) atoms. The van der Waals surface area contributed by atoms with Crippen LogP contribution in [-0.4, -0.2) is 11.7 Å². The summed E-state index contributed by atoms with van der Waals surface area (Å²) in [6.07, 6.45) is 0. The molecule has 0 bridgehead atoms. The third kappa shape index (κ3) is 1.93. The van der Waals surface area contributed by atoms with E-state index >= 15 is 0 Å². The number of benzene rings is 1. The van der Waals surface area contributed by atoms with Crippen LogP contribution in [0.4, 0.5) is 5.69 Å². The number of nitrogens with one attached hydrogen (secondary N) is 1. The Bertz CT molecular complexity index is 610. The fraction of sp³-hybridized carbons (Fsp3) is 0.231. The van der Waals surface area contributed by atoms with E-state index in [2.05, 4.69) is 5.32 Å². The Kier molecular flexibility index (Phi) is 2.71. The lowest BCUT2D eigenvalue weighted by atomic mass is 10.1. The molecule has 1 heterocycles. The summed E-state index contributed by atoms with van der Waals surface area (Å²) in [5.74, 6) is 0.363. The molecule has 0 saturated carbocycles. The number of furan rings is 1. The summed E-state index contributed by atoms with van der Waals surface area (Å²) in [4.78, 5) is 22.6. The minimum absolute atomic E-state index is 0.0405. The van der Waals surface area contributed by atoms with Gasteiger partial charge >= 0.3 is 0 Å². The highest BCUT2D eigenvalue weighted by molar-refractivity contribution is 6.10. The van der Waals surface area contributed by atoms with Crippen molar-refractivity contribution < 1.29 is 14.0 Å². The molecule has 1 amide bonds. The number of amides is 1. The summed E-state index contributed by atoms with van der Waals surface area (Å²) in [5, 5.41) is 3.42. The molecule has 4 heteroatoms. The lowest BCUT2D eigenvalue weighted by Gasteiger charge is -2.01. The smallest absolute Gasteiger partial charge is 0.221 e. The minimum Gasteiger partial charge on any atom is -0.458 e. The largest absolute Gasteiger partial charge is 0.458 e. The average molecular weight is 231 g/mol. The van der Waals surface area contributed by atoms with E-state index in [0.717, 1.165) is 5.39 Å². The van der Waals surface area contributed by atoms with Gasteiger partial charge < -0.3 is 9.73 Å². The highest BCUT2D eigenvalue weighted by Crippen LogP contribution is 2.31. The van der Waals surface area contributed by atoms with Crippen LogP contribution in [0.2, 0.25) is 0 Å². The summed E-state index contributed by atoms with van der Waals surface area (Å²) in [6, 6.07) is 5.35. The van der Waals surface area contributed by atoms with Crippen LogP contribution in [0.15, 0.2) is 22.6 Å². The predicted molar refractivity (Wildman–Crippen MR) is 65.3 cm³/mol. The molecule has 0 spiro atoms. The van der Waals surface area contributed by atoms with Gasteiger partial charge in [0.2, 0.25) is 5.91 Å². The Morgan fingerprint density at radius 3 is 2.53 bits per heavy atom. The van der Waals surface area contributed by atoms with Crippen molar-refractivity contribution in [2.75, 3.05) is 5.32 Å². The van der Waals surface area contributed by atoms with Crippen molar-refractivity contribution in [3.05, 3.63) is 29.5 Å². The number of hydrogen-bond acceptors (Lipinski definition) is 3. The fourth-order valence-corrected chi connectivity index (χ4v) is 1.96. The first kappa shape index (κ1) is 11.4. The molecule has 4 nitrogen and oxygen atoms in total. The third-order valence-corrected chi connectivity index (χ3v) is 2.55. The lowest BCUT2D eigenvalue weighted by Crippen LogP contribution is -2.05. The summed E-state index contributed by atoms with van der Waals surface area (Å²) < 4.78 is 5.56. The maximum atomic E-state index is 11.5. The van der Waals surface area contributed by atoms with Crippen molar-refractivity contribution in [3.8, 4) is 0 Å². The lowest BCUT2D eigenvalue weighted by molar-refractivity contribution is -0.114. The molecule has 0 aliphatic rings. The van der Waals surface area contributed by atoms with Crippen LogP contribution in [0.3, 0.4) is 0 Å². The molecule has 1 aromatic heterocycles. The maximum absolute atomic E-state index is 11.5. The number of rotatable bonds is 2. The van der Waals surface area contributed by atoms with Crippen LogP contribution in [0.1, 0.15) is 30.0 Å². The Balaban J connectivity index is 2.70. The topological polar surface area (TPSA) is 59.3 Å². The molecule has 0 aliphatic heterocycles. The van der Waals surface area contributed by atoms with Crippen LogP contribution in [-0.2, 0) is 4.79 Å². The number of carbonyl (C=O) groups excluding carboxylic acids is 2. The van der Waals surface area contributed by atoms with Gasteiger partial charge in [-0.2, -0.15) is 0 Å². The highest BCUT2D eigenvalue weighted by atomic mass is 16.3. The van der Waals surface area contributed by atoms with Crippen molar-refractivity contribution in [3.63, 3.8) is 0 Å². The molecule has 0 unspecified atom stereocenters. The molecule has 0 aliphatic carbocycles. The monoisotopic (exact) mass is 231 g/mol. The van der Waals surface area contributed by atoms with E-state index in [1.54, 1.807) is 19.1 Å². The van der Waals surface area contributed by atoms with E-state index in [1.165, 1.54) is 13.8 Å². The van der Waals surface area contributed by atoms with E-state index in [4.69, 9.17) is 4.42 Å². The van der Waals surface area contributed by atoms with Crippen LogP contribution in [0, 0.1) is 6.92 Å². The second-order valence-electron chi connectivity index (χ2n) is 3.95. The molecular formula is C13H13NO3. The second-order valence-corrected chi connectivity index (χ2v) is 3.95. The number of fused-ring (bicyclic) bond motifs is 1. The molecule has 0 atom stereocenters. The standard InChI is InChI=1S/C13H13NO3/c1-7(15)12-8(2)17-13-10(12)5-4-6-11(13)14-9(3)16/h4-6H,1-3H3,(H,14,16). The average Bonchev–Trinajstić information content (AvgIpc) is 2.54. The van der Waals surface area contributed by atoms with E-state index in [-0.39, 0.29) is 11.7 Å². The van der Waals surface area contributed by atoms with Crippen molar-refractivity contribution in [1.82, 2.24) is 0 Å². The van der Waals surface area contributed by atoms with Gasteiger partial charge in [-0.3, -0.25) is 9.59 Å². The number of ketones is 1.